The van der Waals surface area contributed by atoms with E-state index in [1.165, 1.54) is 0 Å². The van der Waals surface area contributed by atoms with Crippen molar-refractivity contribution in [2.45, 2.75) is 50.2 Å². The van der Waals surface area contributed by atoms with Gasteiger partial charge in [-0.25, -0.2) is 13.6 Å². The second kappa shape index (κ2) is 3.34. The highest BCUT2D eigenvalue weighted by atomic mass is 32.2. The van der Waals surface area contributed by atoms with E-state index in [9.17, 15) is 8.42 Å². The first-order chi connectivity index (χ1) is 5.52. The average Bonchev–Trinajstić information content (AvgIpc) is 2.36. The summed E-state index contributed by atoms with van der Waals surface area (Å²) in [6.07, 6.45) is 5.18. The van der Waals surface area contributed by atoms with Crippen LogP contribution in [-0.2, 0) is 10.0 Å². The SMILES string of the molecule is CCCC1(S(N)(=O)=O)CCCC1. The molecule has 0 saturated heterocycles. The van der Waals surface area contributed by atoms with Crippen LogP contribution in [0, 0.1) is 0 Å². The van der Waals surface area contributed by atoms with Gasteiger partial charge in [0.2, 0.25) is 10.0 Å². The van der Waals surface area contributed by atoms with Crippen LogP contribution in [0.1, 0.15) is 45.4 Å². The zero-order chi connectivity index (χ0) is 9.24. The Kier molecular flexibility index (Phi) is 2.78. The van der Waals surface area contributed by atoms with E-state index in [1.807, 2.05) is 6.92 Å². The quantitative estimate of drug-likeness (QED) is 0.732. The highest BCUT2D eigenvalue weighted by molar-refractivity contribution is 7.90. The largest absolute Gasteiger partial charge is 0.228 e. The Morgan fingerprint density at radius 1 is 1.33 bits per heavy atom. The maximum absolute atomic E-state index is 11.3. The fourth-order valence-corrected chi connectivity index (χ4v) is 3.50. The van der Waals surface area contributed by atoms with Gasteiger partial charge in [0, 0.05) is 0 Å². The van der Waals surface area contributed by atoms with E-state index in [4.69, 9.17) is 5.14 Å². The first-order valence-electron chi connectivity index (χ1n) is 4.54. The number of nitrogens with two attached hydrogens (primary N) is 1. The van der Waals surface area contributed by atoms with Crippen molar-refractivity contribution >= 4 is 10.0 Å². The van der Waals surface area contributed by atoms with E-state index in [0.29, 0.717) is 0 Å². The van der Waals surface area contributed by atoms with Gasteiger partial charge in [-0.1, -0.05) is 26.2 Å². The van der Waals surface area contributed by atoms with Crippen molar-refractivity contribution in [1.29, 1.82) is 0 Å². The summed E-state index contributed by atoms with van der Waals surface area (Å²) in [5.74, 6) is 0. The molecule has 1 fully saturated rings. The normalized spacial score (nSPS) is 22.8. The van der Waals surface area contributed by atoms with Crippen LogP contribution in [0.3, 0.4) is 0 Å². The lowest BCUT2D eigenvalue weighted by Crippen LogP contribution is -2.40. The molecule has 0 atom stereocenters. The summed E-state index contributed by atoms with van der Waals surface area (Å²) in [4.78, 5) is 0. The lowest BCUT2D eigenvalue weighted by atomic mass is 10.0. The molecule has 12 heavy (non-hydrogen) atoms. The van der Waals surface area contributed by atoms with E-state index in [1.54, 1.807) is 0 Å². The van der Waals surface area contributed by atoms with Gasteiger partial charge in [-0.3, -0.25) is 0 Å². The molecule has 2 N–H and O–H groups in total. The molecule has 0 amide bonds. The molecule has 0 spiro atoms. The van der Waals surface area contributed by atoms with Crippen molar-refractivity contribution in [2.24, 2.45) is 5.14 Å². The molecular weight excluding hydrogens is 174 g/mol. The maximum Gasteiger partial charge on any atom is 0.214 e. The number of hydrogen-bond donors (Lipinski definition) is 1. The van der Waals surface area contributed by atoms with Gasteiger partial charge in [-0.2, -0.15) is 0 Å². The zero-order valence-electron chi connectivity index (χ0n) is 7.54. The Balaban J connectivity index is 2.87. The summed E-state index contributed by atoms with van der Waals surface area (Å²) >= 11 is 0. The van der Waals surface area contributed by atoms with Gasteiger partial charge in [0.1, 0.15) is 0 Å². The van der Waals surface area contributed by atoms with Gasteiger partial charge in [0.25, 0.3) is 0 Å². The van der Waals surface area contributed by atoms with E-state index < -0.39 is 14.8 Å². The van der Waals surface area contributed by atoms with Crippen molar-refractivity contribution in [3.8, 4) is 0 Å². The maximum atomic E-state index is 11.3. The number of rotatable bonds is 3. The Hall–Kier alpha value is -0.0900. The summed E-state index contributed by atoms with van der Waals surface area (Å²) in [5.41, 5.74) is 0. The Morgan fingerprint density at radius 2 is 1.83 bits per heavy atom. The molecule has 3 nitrogen and oxygen atoms in total. The summed E-state index contributed by atoms with van der Waals surface area (Å²) in [7, 11) is -3.33. The average molecular weight is 191 g/mol. The van der Waals surface area contributed by atoms with Gasteiger partial charge in [0.05, 0.1) is 4.75 Å². The Labute approximate surface area is 74.4 Å². The van der Waals surface area contributed by atoms with Crippen LogP contribution in [0.15, 0.2) is 0 Å². The van der Waals surface area contributed by atoms with Crippen LogP contribution < -0.4 is 5.14 Å². The van der Waals surface area contributed by atoms with Gasteiger partial charge in [0.15, 0.2) is 0 Å². The predicted octanol–water partition coefficient (Wildman–Crippen LogP) is 1.39. The number of hydrogen-bond acceptors (Lipinski definition) is 2. The van der Waals surface area contributed by atoms with E-state index in [0.717, 1.165) is 38.5 Å². The second-order valence-corrected chi connectivity index (χ2v) is 5.64. The lowest BCUT2D eigenvalue weighted by molar-refractivity contribution is 0.481. The minimum absolute atomic E-state index is 0.568. The molecule has 0 radical (unpaired) electrons. The standard InChI is InChI=1S/C8H17NO2S/c1-2-5-8(12(9,10)11)6-3-4-7-8/h2-7H2,1H3,(H2,9,10,11). The summed E-state index contributed by atoms with van der Waals surface area (Å²) in [6.45, 7) is 2.01. The molecule has 0 bridgehead atoms. The fourth-order valence-electron chi connectivity index (χ4n) is 2.15. The second-order valence-electron chi connectivity index (χ2n) is 3.69. The first-order valence-corrected chi connectivity index (χ1v) is 6.09. The fraction of sp³-hybridized carbons (Fsp3) is 1.00. The highest BCUT2D eigenvalue weighted by Crippen LogP contribution is 2.38. The molecule has 1 aliphatic rings. The van der Waals surface area contributed by atoms with Crippen LogP contribution in [0.5, 0.6) is 0 Å². The number of primary sulfonamides is 1. The van der Waals surface area contributed by atoms with Crippen LogP contribution in [0.2, 0.25) is 0 Å². The van der Waals surface area contributed by atoms with Gasteiger partial charge in [-0.05, 0) is 19.3 Å². The highest BCUT2D eigenvalue weighted by Gasteiger charge is 2.42. The van der Waals surface area contributed by atoms with Gasteiger partial charge in [-0.15, -0.1) is 0 Å². The molecule has 0 aromatic rings. The minimum Gasteiger partial charge on any atom is -0.228 e. The lowest BCUT2D eigenvalue weighted by Gasteiger charge is -2.25. The molecule has 1 rings (SSSR count). The summed E-state index contributed by atoms with van der Waals surface area (Å²) in [5, 5.41) is 5.23. The van der Waals surface area contributed by atoms with Gasteiger partial charge < -0.3 is 0 Å². The Bertz CT molecular complexity index is 240. The summed E-state index contributed by atoms with van der Waals surface area (Å²) in [6, 6.07) is 0. The third-order valence-corrected chi connectivity index (χ3v) is 4.64. The van der Waals surface area contributed by atoms with Crippen molar-refractivity contribution in [1.82, 2.24) is 0 Å². The van der Waals surface area contributed by atoms with Crippen LogP contribution >= 0.6 is 0 Å². The molecule has 0 aromatic carbocycles. The zero-order valence-corrected chi connectivity index (χ0v) is 8.36. The Morgan fingerprint density at radius 3 is 2.17 bits per heavy atom. The molecule has 4 heteroatoms. The predicted molar refractivity (Wildman–Crippen MR) is 49.2 cm³/mol. The third kappa shape index (κ3) is 1.64. The molecule has 72 valence electrons. The van der Waals surface area contributed by atoms with Crippen LogP contribution in [0.4, 0.5) is 0 Å². The summed E-state index contributed by atoms with van der Waals surface area (Å²) < 4.78 is 22.1. The first kappa shape index (κ1) is 9.99. The molecule has 1 aliphatic carbocycles. The minimum atomic E-state index is -3.33. The molecule has 0 aliphatic heterocycles. The van der Waals surface area contributed by atoms with Crippen LogP contribution in [0.25, 0.3) is 0 Å². The van der Waals surface area contributed by atoms with E-state index in [2.05, 4.69) is 0 Å². The number of sulfonamides is 1. The third-order valence-electron chi connectivity index (χ3n) is 2.82. The molecule has 1 saturated carbocycles. The van der Waals surface area contributed by atoms with Crippen molar-refractivity contribution in [3.05, 3.63) is 0 Å². The molecule has 0 aromatic heterocycles. The van der Waals surface area contributed by atoms with Crippen molar-refractivity contribution in [2.75, 3.05) is 0 Å². The molecule has 0 unspecified atom stereocenters. The topological polar surface area (TPSA) is 60.2 Å². The van der Waals surface area contributed by atoms with Gasteiger partial charge >= 0.3 is 0 Å². The van der Waals surface area contributed by atoms with Crippen molar-refractivity contribution < 1.29 is 8.42 Å². The van der Waals surface area contributed by atoms with Crippen LogP contribution in [-0.4, -0.2) is 13.2 Å². The smallest absolute Gasteiger partial charge is 0.214 e. The monoisotopic (exact) mass is 191 g/mol. The molecular formula is C8H17NO2S. The van der Waals surface area contributed by atoms with E-state index in [-0.39, 0.29) is 0 Å². The molecule has 0 heterocycles. The van der Waals surface area contributed by atoms with Crippen molar-refractivity contribution in [3.63, 3.8) is 0 Å². The van der Waals surface area contributed by atoms with E-state index >= 15 is 0 Å².